The van der Waals surface area contributed by atoms with Crippen molar-refractivity contribution in [2.75, 3.05) is 13.1 Å². The van der Waals surface area contributed by atoms with Gasteiger partial charge in [-0.2, -0.15) is 0 Å². The van der Waals surface area contributed by atoms with Gasteiger partial charge in [-0.3, -0.25) is 4.79 Å². The van der Waals surface area contributed by atoms with Crippen molar-refractivity contribution in [2.45, 2.75) is 32.7 Å². The molecule has 1 saturated heterocycles. The summed E-state index contributed by atoms with van der Waals surface area (Å²) >= 11 is 0. The molecule has 0 radical (unpaired) electrons. The first-order chi connectivity index (χ1) is 8.08. The highest BCUT2D eigenvalue weighted by molar-refractivity contribution is 5.95. The van der Waals surface area contributed by atoms with E-state index >= 15 is 0 Å². The van der Waals surface area contributed by atoms with Crippen LogP contribution in [-0.2, 0) is 0 Å². The van der Waals surface area contributed by atoms with Crippen LogP contribution in [0.4, 0.5) is 0 Å². The van der Waals surface area contributed by atoms with Gasteiger partial charge in [-0.25, -0.2) is 0 Å². The van der Waals surface area contributed by atoms with Crippen molar-refractivity contribution in [3.8, 4) is 0 Å². The van der Waals surface area contributed by atoms with E-state index in [4.69, 9.17) is 5.73 Å². The third-order valence-corrected chi connectivity index (χ3v) is 3.36. The summed E-state index contributed by atoms with van der Waals surface area (Å²) in [5.41, 5.74) is 8.96. The number of likely N-dealkylation sites (tertiary alicyclic amines) is 1. The lowest BCUT2D eigenvalue weighted by molar-refractivity contribution is 0.0708. The molecule has 0 spiro atoms. The molecule has 0 aliphatic carbocycles. The van der Waals surface area contributed by atoms with Gasteiger partial charge in [-0.05, 0) is 38.3 Å². The van der Waals surface area contributed by atoms with Gasteiger partial charge in [-0.15, -0.1) is 0 Å². The Labute approximate surface area is 103 Å². The predicted octanol–water partition coefficient (Wildman–Crippen LogP) is 1.87. The summed E-state index contributed by atoms with van der Waals surface area (Å²) < 4.78 is 0. The number of hydrogen-bond acceptors (Lipinski definition) is 2. The molecule has 0 saturated carbocycles. The molecule has 1 aromatic carbocycles. The number of piperidine rings is 1. The fraction of sp³-hybridized carbons (Fsp3) is 0.500. The number of carbonyl (C=O) groups is 1. The molecule has 1 heterocycles. The maximum Gasteiger partial charge on any atom is 0.254 e. The molecule has 1 fully saturated rings. The minimum Gasteiger partial charge on any atom is -0.337 e. The quantitative estimate of drug-likeness (QED) is 0.803. The Bertz CT molecular complexity index is 428. The van der Waals surface area contributed by atoms with Gasteiger partial charge in [0.1, 0.15) is 0 Å². The maximum absolute atomic E-state index is 12.3. The Hall–Kier alpha value is -1.35. The van der Waals surface area contributed by atoms with Crippen molar-refractivity contribution in [3.63, 3.8) is 0 Å². The van der Waals surface area contributed by atoms with Crippen LogP contribution >= 0.6 is 0 Å². The summed E-state index contributed by atoms with van der Waals surface area (Å²) in [4.78, 5) is 14.2. The van der Waals surface area contributed by atoms with Crippen LogP contribution in [0.2, 0.25) is 0 Å². The van der Waals surface area contributed by atoms with E-state index in [-0.39, 0.29) is 11.9 Å². The molecular formula is C14H20N2O. The molecule has 1 atom stereocenters. The van der Waals surface area contributed by atoms with Crippen molar-refractivity contribution in [1.29, 1.82) is 0 Å². The largest absolute Gasteiger partial charge is 0.337 e. The van der Waals surface area contributed by atoms with Gasteiger partial charge in [0, 0.05) is 24.7 Å². The van der Waals surface area contributed by atoms with Crippen LogP contribution in [0, 0.1) is 13.8 Å². The maximum atomic E-state index is 12.3. The Kier molecular flexibility index (Phi) is 3.48. The monoisotopic (exact) mass is 232 g/mol. The van der Waals surface area contributed by atoms with E-state index in [1.165, 1.54) is 5.56 Å². The summed E-state index contributed by atoms with van der Waals surface area (Å²) in [6.07, 6.45) is 2.04. The van der Waals surface area contributed by atoms with Gasteiger partial charge < -0.3 is 10.6 Å². The smallest absolute Gasteiger partial charge is 0.254 e. The molecule has 1 aliphatic rings. The van der Waals surface area contributed by atoms with Crippen molar-refractivity contribution in [3.05, 3.63) is 34.9 Å². The minimum atomic E-state index is 0.123. The minimum absolute atomic E-state index is 0.123. The standard InChI is InChI=1S/C14H20N2O/c1-10-5-6-13(11(2)8-10)14(17)16-7-3-4-12(15)9-16/h5-6,8,12H,3-4,7,9,15H2,1-2H3/t12-/m1/s1. The van der Waals surface area contributed by atoms with E-state index < -0.39 is 0 Å². The highest BCUT2D eigenvalue weighted by atomic mass is 16.2. The molecule has 3 heteroatoms. The van der Waals surface area contributed by atoms with Crippen molar-refractivity contribution in [2.24, 2.45) is 5.73 Å². The average molecular weight is 232 g/mol. The number of nitrogens with zero attached hydrogens (tertiary/aromatic N) is 1. The van der Waals surface area contributed by atoms with Gasteiger partial charge in [0.25, 0.3) is 5.91 Å². The molecule has 1 amide bonds. The van der Waals surface area contributed by atoms with Crippen LogP contribution in [0.1, 0.15) is 34.3 Å². The molecule has 1 aliphatic heterocycles. The summed E-state index contributed by atoms with van der Waals surface area (Å²) in [6, 6.07) is 6.10. The number of benzene rings is 1. The zero-order valence-corrected chi connectivity index (χ0v) is 10.6. The Balaban J connectivity index is 2.18. The fourth-order valence-electron chi connectivity index (χ4n) is 2.42. The van der Waals surface area contributed by atoms with E-state index in [0.717, 1.165) is 30.5 Å². The summed E-state index contributed by atoms with van der Waals surface area (Å²) in [7, 11) is 0. The highest BCUT2D eigenvalue weighted by Crippen LogP contribution is 2.16. The number of hydrogen-bond donors (Lipinski definition) is 1. The molecule has 0 unspecified atom stereocenters. The third-order valence-electron chi connectivity index (χ3n) is 3.36. The van der Waals surface area contributed by atoms with Crippen LogP contribution in [0.15, 0.2) is 18.2 Å². The molecule has 2 rings (SSSR count). The van der Waals surface area contributed by atoms with Gasteiger partial charge in [-0.1, -0.05) is 17.7 Å². The molecule has 92 valence electrons. The molecular weight excluding hydrogens is 212 g/mol. The second-order valence-corrected chi connectivity index (χ2v) is 4.97. The fourth-order valence-corrected chi connectivity index (χ4v) is 2.42. The lowest BCUT2D eigenvalue weighted by Gasteiger charge is -2.31. The predicted molar refractivity (Wildman–Crippen MR) is 69.0 cm³/mol. The van der Waals surface area contributed by atoms with Gasteiger partial charge in [0.15, 0.2) is 0 Å². The molecule has 3 nitrogen and oxygen atoms in total. The molecule has 2 N–H and O–H groups in total. The zero-order chi connectivity index (χ0) is 12.4. The lowest BCUT2D eigenvalue weighted by Crippen LogP contribution is -2.45. The van der Waals surface area contributed by atoms with Crippen LogP contribution in [0.25, 0.3) is 0 Å². The first kappa shape index (κ1) is 12.1. The topological polar surface area (TPSA) is 46.3 Å². The number of aryl methyl sites for hydroxylation is 2. The number of carbonyl (C=O) groups excluding carboxylic acids is 1. The SMILES string of the molecule is Cc1ccc(C(=O)N2CCC[C@@H](N)C2)c(C)c1. The third kappa shape index (κ3) is 2.67. The molecule has 17 heavy (non-hydrogen) atoms. The van der Waals surface area contributed by atoms with Gasteiger partial charge in [0.05, 0.1) is 0 Å². The van der Waals surface area contributed by atoms with Crippen molar-refractivity contribution in [1.82, 2.24) is 4.90 Å². The number of amides is 1. The van der Waals surface area contributed by atoms with Crippen LogP contribution in [-0.4, -0.2) is 29.9 Å². The normalized spacial score (nSPS) is 20.4. The molecule has 0 bridgehead atoms. The van der Waals surface area contributed by atoms with Crippen LogP contribution < -0.4 is 5.73 Å². The molecule has 1 aromatic rings. The Morgan fingerprint density at radius 3 is 2.82 bits per heavy atom. The number of rotatable bonds is 1. The van der Waals surface area contributed by atoms with E-state index in [1.54, 1.807) is 0 Å². The Morgan fingerprint density at radius 2 is 2.18 bits per heavy atom. The second-order valence-electron chi connectivity index (χ2n) is 4.97. The van der Waals surface area contributed by atoms with E-state index in [0.29, 0.717) is 6.54 Å². The first-order valence-electron chi connectivity index (χ1n) is 6.20. The van der Waals surface area contributed by atoms with Gasteiger partial charge in [0.2, 0.25) is 0 Å². The summed E-state index contributed by atoms with van der Waals surface area (Å²) in [5, 5.41) is 0. The van der Waals surface area contributed by atoms with Crippen LogP contribution in [0.3, 0.4) is 0 Å². The summed E-state index contributed by atoms with van der Waals surface area (Å²) in [5.74, 6) is 0.123. The van der Waals surface area contributed by atoms with Crippen molar-refractivity contribution >= 4 is 5.91 Å². The average Bonchev–Trinajstić information content (AvgIpc) is 2.28. The zero-order valence-electron chi connectivity index (χ0n) is 10.6. The Morgan fingerprint density at radius 1 is 1.41 bits per heavy atom. The first-order valence-corrected chi connectivity index (χ1v) is 6.20. The van der Waals surface area contributed by atoms with E-state index in [9.17, 15) is 4.79 Å². The van der Waals surface area contributed by atoms with Crippen LogP contribution in [0.5, 0.6) is 0 Å². The second kappa shape index (κ2) is 4.88. The molecule has 0 aromatic heterocycles. The van der Waals surface area contributed by atoms with Gasteiger partial charge >= 0.3 is 0 Å². The van der Waals surface area contributed by atoms with E-state index in [2.05, 4.69) is 6.07 Å². The number of nitrogens with two attached hydrogens (primary N) is 1. The highest BCUT2D eigenvalue weighted by Gasteiger charge is 2.23. The lowest BCUT2D eigenvalue weighted by atomic mass is 10.0. The van der Waals surface area contributed by atoms with E-state index in [1.807, 2.05) is 30.9 Å². The summed E-state index contributed by atoms with van der Waals surface area (Å²) in [6.45, 7) is 5.55. The van der Waals surface area contributed by atoms with Crippen molar-refractivity contribution < 1.29 is 4.79 Å².